The van der Waals surface area contributed by atoms with E-state index in [4.69, 9.17) is 16.3 Å². The van der Waals surface area contributed by atoms with E-state index >= 15 is 0 Å². The second kappa shape index (κ2) is 5.84. The molecular weight excluding hydrogens is 186 g/mol. The van der Waals surface area contributed by atoms with Gasteiger partial charge in [0.1, 0.15) is 0 Å². The van der Waals surface area contributed by atoms with Gasteiger partial charge in [-0.2, -0.15) is 0 Å². The Hall–Kier alpha value is 0.210. The quantitative estimate of drug-likeness (QED) is 0.711. The maximum absolute atomic E-state index is 6.21. The van der Waals surface area contributed by atoms with Gasteiger partial charge in [0.2, 0.25) is 0 Å². The predicted molar refractivity (Wildman–Crippen MR) is 56.4 cm³/mol. The molecule has 1 N–H and O–H groups in total. The third kappa shape index (κ3) is 3.84. The van der Waals surface area contributed by atoms with Gasteiger partial charge in [0.05, 0.1) is 6.10 Å². The van der Waals surface area contributed by atoms with Crippen molar-refractivity contribution in [1.29, 1.82) is 0 Å². The smallest absolute Gasteiger partial charge is 0.0667 e. The van der Waals surface area contributed by atoms with Crippen molar-refractivity contribution in [2.45, 2.75) is 50.1 Å². The first-order chi connectivity index (χ1) is 6.24. The molecule has 1 saturated carbocycles. The summed E-state index contributed by atoms with van der Waals surface area (Å²) >= 11 is 6.21. The molecule has 1 fully saturated rings. The summed E-state index contributed by atoms with van der Waals surface area (Å²) in [6, 6.07) is 0.494. The fraction of sp³-hybridized carbons (Fsp3) is 1.00. The molecule has 0 aromatic rings. The van der Waals surface area contributed by atoms with E-state index in [0.29, 0.717) is 11.4 Å². The van der Waals surface area contributed by atoms with E-state index in [1.807, 2.05) is 0 Å². The average Bonchev–Trinajstić information content (AvgIpc) is 2.16. The van der Waals surface area contributed by atoms with E-state index in [1.165, 1.54) is 19.3 Å². The summed E-state index contributed by atoms with van der Waals surface area (Å²) in [6.45, 7) is 2.98. The van der Waals surface area contributed by atoms with Crippen molar-refractivity contribution in [2.75, 3.05) is 13.7 Å². The van der Waals surface area contributed by atoms with Crippen molar-refractivity contribution in [1.82, 2.24) is 5.32 Å². The lowest BCUT2D eigenvalue weighted by Gasteiger charge is -2.28. The van der Waals surface area contributed by atoms with Gasteiger partial charge in [0.25, 0.3) is 0 Å². The Bertz CT molecular complexity index is 143. The van der Waals surface area contributed by atoms with Crippen LogP contribution in [0.4, 0.5) is 0 Å². The average molecular weight is 206 g/mol. The lowest BCUT2D eigenvalue weighted by molar-refractivity contribution is 0.112. The van der Waals surface area contributed by atoms with Crippen LogP contribution in [0, 0.1) is 0 Å². The molecule has 78 valence electrons. The molecule has 0 aromatic heterocycles. The molecule has 0 aliphatic heterocycles. The molecule has 3 atom stereocenters. The molecule has 0 spiro atoms. The van der Waals surface area contributed by atoms with Crippen molar-refractivity contribution < 1.29 is 4.74 Å². The molecule has 0 heterocycles. The van der Waals surface area contributed by atoms with E-state index in [-0.39, 0.29) is 6.10 Å². The van der Waals surface area contributed by atoms with Crippen molar-refractivity contribution in [3.63, 3.8) is 0 Å². The minimum Gasteiger partial charge on any atom is -0.380 e. The van der Waals surface area contributed by atoms with Crippen LogP contribution >= 0.6 is 11.6 Å². The van der Waals surface area contributed by atoms with E-state index in [9.17, 15) is 0 Å². The summed E-state index contributed by atoms with van der Waals surface area (Å²) in [4.78, 5) is 0. The van der Waals surface area contributed by atoms with Gasteiger partial charge in [-0.3, -0.25) is 0 Å². The topological polar surface area (TPSA) is 21.3 Å². The Labute approximate surface area is 86.0 Å². The van der Waals surface area contributed by atoms with Crippen LogP contribution in [0.5, 0.6) is 0 Å². The van der Waals surface area contributed by atoms with Crippen LogP contribution < -0.4 is 5.32 Å². The standard InChI is InChI=1S/C10H20ClNO/c1-8(13-2)7-12-10-6-4-3-5-9(10)11/h8-10,12H,3-7H2,1-2H3. The van der Waals surface area contributed by atoms with Gasteiger partial charge in [-0.25, -0.2) is 0 Å². The fourth-order valence-corrected chi connectivity index (χ4v) is 2.09. The summed E-state index contributed by atoms with van der Waals surface area (Å²) in [5.74, 6) is 0. The van der Waals surface area contributed by atoms with Crippen LogP contribution in [0.15, 0.2) is 0 Å². The maximum atomic E-state index is 6.21. The predicted octanol–water partition coefficient (Wildman–Crippen LogP) is 2.16. The Balaban J connectivity index is 2.18. The van der Waals surface area contributed by atoms with Crippen LogP contribution in [0.2, 0.25) is 0 Å². The molecule has 1 rings (SSSR count). The van der Waals surface area contributed by atoms with Crippen molar-refractivity contribution >= 4 is 11.6 Å². The minimum absolute atomic E-state index is 0.283. The number of methoxy groups -OCH3 is 1. The zero-order valence-corrected chi connectivity index (χ0v) is 9.31. The first-order valence-corrected chi connectivity index (χ1v) is 5.58. The molecular formula is C10H20ClNO. The maximum Gasteiger partial charge on any atom is 0.0667 e. The zero-order valence-electron chi connectivity index (χ0n) is 8.55. The highest BCUT2D eigenvalue weighted by Crippen LogP contribution is 2.22. The zero-order chi connectivity index (χ0) is 9.68. The number of halogens is 1. The van der Waals surface area contributed by atoms with Gasteiger partial charge in [0, 0.05) is 25.1 Å². The third-order valence-corrected chi connectivity index (χ3v) is 3.27. The van der Waals surface area contributed by atoms with E-state index in [2.05, 4.69) is 12.2 Å². The Morgan fingerprint density at radius 2 is 2.15 bits per heavy atom. The van der Waals surface area contributed by atoms with Crippen molar-refractivity contribution in [3.05, 3.63) is 0 Å². The second-order valence-corrected chi connectivity index (χ2v) is 4.42. The van der Waals surface area contributed by atoms with Gasteiger partial charge < -0.3 is 10.1 Å². The van der Waals surface area contributed by atoms with Crippen molar-refractivity contribution in [3.8, 4) is 0 Å². The fourth-order valence-electron chi connectivity index (χ4n) is 1.72. The van der Waals surface area contributed by atoms with E-state index in [1.54, 1.807) is 7.11 Å². The number of alkyl halides is 1. The van der Waals surface area contributed by atoms with Crippen LogP contribution in [-0.4, -0.2) is 31.2 Å². The van der Waals surface area contributed by atoms with Crippen LogP contribution in [0.3, 0.4) is 0 Å². The molecule has 13 heavy (non-hydrogen) atoms. The van der Waals surface area contributed by atoms with E-state index < -0.39 is 0 Å². The summed E-state index contributed by atoms with van der Waals surface area (Å²) in [6.07, 6.45) is 5.24. The van der Waals surface area contributed by atoms with Gasteiger partial charge in [-0.1, -0.05) is 12.8 Å². The largest absolute Gasteiger partial charge is 0.380 e. The molecule has 0 amide bonds. The molecule has 0 saturated heterocycles. The minimum atomic E-state index is 0.283. The Morgan fingerprint density at radius 3 is 2.77 bits per heavy atom. The molecule has 0 radical (unpaired) electrons. The third-order valence-electron chi connectivity index (χ3n) is 2.75. The number of ether oxygens (including phenoxy) is 1. The molecule has 1 aliphatic rings. The summed E-state index contributed by atoms with van der Waals surface area (Å²) in [5, 5.41) is 3.78. The molecule has 0 aromatic carbocycles. The lowest BCUT2D eigenvalue weighted by atomic mass is 9.95. The SMILES string of the molecule is COC(C)CNC1CCCCC1Cl. The van der Waals surface area contributed by atoms with Crippen LogP contribution in [0.25, 0.3) is 0 Å². The van der Waals surface area contributed by atoms with E-state index in [0.717, 1.165) is 13.0 Å². The molecule has 3 unspecified atom stereocenters. The number of nitrogens with one attached hydrogen (secondary N) is 1. The summed E-state index contributed by atoms with van der Waals surface area (Å²) in [7, 11) is 1.74. The first-order valence-electron chi connectivity index (χ1n) is 5.14. The van der Waals surface area contributed by atoms with Gasteiger partial charge in [-0.05, 0) is 19.8 Å². The molecule has 3 heteroatoms. The monoisotopic (exact) mass is 205 g/mol. The van der Waals surface area contributed by atoms with Gasteiger partial charge >= 0.3 is 0 Å². The highest BCUT2D eigenvalue weighted by Gasteiger charge is 2.22. The van der Waals surface area contributed by atoms with Crippen LogP contribution in [0.1, 0.15) is 32.6 Å². The highest BCUT2D eigenvalue weighted by molar-refractivity contribution is 6.21. The molecule has 2 nitrogen and oxygen atoms in total. The normalized spacial score (nSPS) is 31.6. The van der Waals surface area contributed by atoms with Crippen LogP contribution in [-0.2, 0) is 4.74 Å². The number of hydrogen-bond donors (Lipinski definition) is 1. The second-order valence-electron chi connectivity index (χ2n) is 3.86. The van der Waals surface area contributed by atoms with Gasteiger partial charge in [0.15, 0.2) is 0 Å². The number of hydrogen-bond acceptors (Lipinski definition) is 2. The molecule has 1 aliphatic carbocycles. The van der Waals surface area contributed by atoms with Crippen molar-refractivity contribution in [2.24, 2.45) is 0 Å². The summed E-state index contributed by atoms with van der Waals surface area (Å²) < 4.78 is 5.17. The van der Waals surface area contributed by atoms with Gasteiger partial charge in [-0.15, -0.1) is 11.6 Å². The first kappa shape index (κ1) is 11.3. The Morgan fingerprint density at radius 1 is 1.46 bits per heavy atom. The lowest BCUT2D eigenvalue weighted by Crippen LogP contribution is -2.42. The Kier molecular flexibility index (Phi) is 5.07. The number of rotatable bonds is 4. The molecule has 0 bridgehead atoms. The highest BCUT2D eigenvalue weighted by atomic mass is 35.5. The summed E-state index contributed by atoms with van der Waals surface area (Å²) in [5.41, 5.74) is 0.